The minimum Gasteiger partial charge on any atom is -0.357 e. The molecule has 6 heteroatoms. The van der Waals surface area contributed by atoms with Crippen molar-refractivity contribution in [3.05, 3.63) is 84.2 Å². The third-order valence-corrected chi connectivity index (χ3v) is 4.11. The largest absolute Gasteiger partial charge is 0.357 e. The van der Waals surface area contributed by atoms with E-state index in [2.05, 4.69) is 20.3 Å². The number of hydrogen-bond donors (Lipinski definition) is 1. The Hall–Kier alpha value is -3.28. The third-order valence-electron chi connectivity index (χ3n) is 4.11. The zero-order valence-electron chi connectivity index (χ0n) is 13.6. The summed E-state index contributed by atoms with van der Waals surface area (Å²) in [4.78, 5) is 13.0. The van der Waals surface area contributed by atoms with Crippen molar-refractivity contribution in [1.29, 1.82) is 0 Å². The van der Waals surface area contributed by atoms with E-state index in [1.165, 1.54) is 18.5 Å². The molecule has 124 valence electrons. The Morgan fingerprint density at radius 1 is 0.920 bits per heavy atom. The molecule has 0 saturated heterocycles. The van der Waals surface area contributed by atoms with Crippen LogP contribution < -0.4 is 5.32 Å². The maximum Gasteiger partial charge on any atom is 0.165 e. The molecule has 0 aliphatic rings. The SMILES string of the molecule is Cn1cnc2c(NC(c3ccccc3)c3ccc(F)cc3)ncnc21. The lowest BCUT2D eigenvalue weighted by atomic mass is 9.98. The number of rotatable bonds is 4. The molecule has 1 N–H and O–H groups in total. The van der Waals surface area contributed by atoms with Gasteiger partial charge in [0.2, 0.25) is 0 Å². The van der Waals surface area contributed by atoms with E-state index in [9.17, 15) is 4.39 Å². The van der Waals surface area contributed by atoms with Crippen LogP contribution in [0.15, 0.2) is 67.3 Å². The fourth-order valence-corrected chi connectivity index (χ4v) is 2.85. The monoisotopic (exact) mass is 333 g/mol. The Balaban J connectivity index is 1.79. The summed E-state index contributed by atoms with van der Waals surface area (Å²) in [5.74, 6) is 0.383. The summed E-state index contributed by atoms with van der Waals surface area (Å²) in [6.07, 6.45) is 3.22. The molecular weight excluding hydrogens is 317 g/mol. The normalized spacial score (nSPS) is 12.2. The van der Waals surface area contributed by atoms with Crippen LogP contribution in [0.5, 0.6) is 0 Å². The van der Waals surface area contributed by atoms with Crippen molar-refractivity contribution in [2.75, 3.05) is 5.32 Å². The van der Waals surface area contributed by atoms with Gasteiger partial charge in [-0.2, -0.15) is 0 Å². The minimum absolute atomic E-state index is 0.179. The fraction of sp³-hybridized carbons (Fsp3) is 0.105. The average Bonchev–Trinajstić information content (AvgIpc) is 3.03. The van der Waals surface area contributed by atoms with Gasteiger partial charge in [-0.1, -0.05) is 42.5 Å². The Kier molecular flexibility index (Phi) is 3.85. The summed E-state index contributed by atoms with van der Waals surface area (Å²) < 4.78 is 15.2. The summed E-state index contributed by atoms with van der Waals surface area (Å²) in [6, 6.07) is 16.3. The number of imidazole rings is 1. The number of aromatic nitrogens is 4. The first-order chi connectivity index (χ1) is 12.2. The first-order valence-corrected chi connectivity index (χ1v) is 7.91. The Morgan fingerprint density at radius 2 is 1.64 bits per heavy atom. The number of nitrogens with zero attached hydrogens (tertiary/aromatic N) is 4. The predicted octanol–water partition coefficient (Wildman–Crippen LogP) is 3.70. The Bertz CT molecular complexity index is 995. The van der Waals surface area contributed by atoms with E-state index < -0.39 is 0 Å². The van der Waals surface area contributed by atoms with Crippen LogP contribution in [0.2, 0.25) is 0 Å². The minimum atomic E-state index is -0.260. The quantitative estimate of drug-likeness (QED) is 0.619. The van der Waals surface area contributed by atoms with Crippen LogP contribution in [-0.2, 0) is 7.05 Å². The van der Waals surface area contributed by atoms with Crippen LogP contribution >= 0.6 is 0 Å². The molecule has 1 atom stereocenters. The molecule has 1 unspecified atom stereocenters. The zero-order valence-corrected chi connectivity index (χ0v) is 13.6. The van der Waals surface area contributed by atoms with E-state index in [1.54, 1.807) is 18.5 Å². The highest BCUT2D eigenvalue weighted by Crippen LogP contribution is 2.28. The van der Waals surface area contributed by atoms with Gasteiger partial charge in [0.25, 0.3) is 0 Å². The molecule has 5 nitrogen and oxygen atoms in total. The first kappa shape index (κ1) is 15.3. The van der Waals surface area contributed by atoms with E-state index in [4.69, 9.17) is 0 Å². The van der Waals surface area contributed by atoms with Crippen molar-refractivity contribution >= 4 is 17.0 Å². The molecule has 0 aliphatic carbocycles. The van der Waals surface area contributed by atoms with Gasteiger partial charge in [0.05, 0.1) is 12.4 Å². The molecule has 2 heterocycles. The van der Waals surface area contributed by atoms with Crippen molar-refractivity contribution in [2.45, 2.75) is 6.04 Å². The molecule has 0 spiro atoms. The van der Waals surface area contributed by atoms with E-state index in [0.29, 0.717) is 11.3 Å². The van der Waals surface area contributed by atoms with Gasteiger partial charge in [0.1, 0.15) is 17.7 Å². The molecule has 2 aromatic carbocycles. The van der Waals surface area contributed by atoms with Gasteiger partial charge in [-0.05, 0) is 23.3 Å². The maximum absolute atomic E-state index is 13.3. The molecule has 0 saturated carbocycles. The number of halogens is 1. The highest BCUT2D eigenvalue weighted by molar-refractivity contribution is 5.83. The number of nitrogens with one attached hydrogen (secondary N) is 1. The van der Waals surface area contributed by atoms with Gasteiger partial charge in [0, 0.05) is 7.05 Å². The summed E-state index contributed by atoms with van der Waals surface area (Å²) in [5.41, 5.74) is 3.45. The topological polar surface area (TPSA) is 55.6 Å². The maximum atomic E-state index is 13.3. The molecule has 0 radical (unpaired) electrons. The van der Waals surface area contributed by atoms with Crippen LogP contribution in [0.3, 0.4) is 0 Å². The predicted molar refractivity (Wildman–Crippen MR) is 94.6 cm³/mol. The van der Waals surface area contributed by atoms with Crippen molar-refractivity contribution in [3.8, 4) is 0 Å². The molecule has 25 heavy (non-hydrogen) atoms. The standard InChI is InChI=1S/C19H16FN5/c1-25-12-23-17-18(21-11-22-19(17)25)24-16(13-5-3-2-4-6-13)14-7-9-15(20)10-8-14/h2-12,16H,1H3,(H,21,22,24). The van der Waals surface area contributed by atoms with E-state index in [0.717, 1.165) is 16.8 Å². The number of fused-ring (bicyclic) bond motifs is 1. The number of aryl methyl sites for hydroxylation is 1. The van der Waals surface area contributed by atoms with Gasteiger partial charge in [-0.15, -0.1) is 0 Å². The second-order valence-corrected chi connectivity index (χ2v) is 5.79. The summed E-state index contributed by atoms with van der Waals surface area (Å²) in [7, 11) is 1.89. The van der Waals surface area contributed by atoms with Gasteiger partial charge >= 0.3 is 0 Å². The smallest absolute Gasteiger partial charge is 0.165 e. The number of anilines is 1. The highest BCUT2D eigenvalue weighted by Gasteiger charge is 2.17. The molecule has 0 amide bonds. The number of hydrogen-bond acceptors (Lipinski definition) is 4. The van der Waals surface area contributed by atoms with Crippen molar-refractivity contribution in [3.63, 3.8) is 0 Å². The molecule has 4 rings (SSSR count). The average molecular weight is 333 g/mol. The van der Waals surface area contributed by atoms with Gasteiger partial charge in [-0.25, -0.2) is 19.3 Å². The van der Waals surface area contributed by atoms with E-state index >= 15 is 0 Å². The zero-order chi connectivity index (χ0) is 17.2. The summed E-state index contributed by atoms with van der Waals surface area (Å²) in [6.45, 7) is 0. The van der Waals surface area contributed by atoms with Crippen molar-refractivity contribution < 1.29 is 4.39 Å². The Labute approximate surface area is 144 Å². The van der Waals surface area contributed by atoms with Crippen LogP contribution in [0, 0.1) is 5.82 Å². The first-order valence-electron chi connectivity index (χ1n) is 7.91. The van der Waals surface area contributed by atoms with Gasteiger partial charge < -0.3 is 9.88 Å². The lowest BCUT2D eigenvalue weighted by molar-refractivity contribution is 0.626. The summed E-state index contributed by atoms with van der Waals surface area (Å²) in [5, 5.41) is 3.44. The molecule has 2 aromatic heterocycles. The molecule has 0 fully saturated rings. The van der Waals surface area contributed by atoms with E-state index in [1.807, 2.05) is 41.9 Å². The Morgan fingerprint density at radius 3 is 2.40 bits per heavy atom. The van der Waals surface area contributed by atoms with Crippen LogP contribution in [0.25, 0.3) is 11.2 Å². The van der Waals surface area contributed by atoms with Crippen LogP contribution in [0.4, 0.5) is 10.2 Å². The van der Waals surface area contributed by atoms with Gasteiger partial charge in [0.15, 0.2) is 11.5 Å². The third kappa shape index (κ3) is 2.94. The second-order valence-electron chi connectivity index (χ2n) is 5.79. The van der Waals surface area contributed by atoms with Crippen molar-refractivity contribution in [2.24, 2.45) is 7.05 Å². The molecule has 0 bridgehead atoms. The van der Waals surface area contributed by atoms with Gasteiger partial charge in [-0.3, -0.25) is 0 Å². The molecular formula is C19H16FN5. The summed E-state index contributed by atoms with van der Waals surface area (Å²) >= 11 is 0. The van der Waals surface area contributed by atoms with Crippen molar-refractivity contribution in [1.82, 2.24) is 19.5 Å². The van der Waals surface area contributed by atoms with Crippen LogP contribution in [0.1, 0.15) is 17.2 Å². The molecule has 4 aromatic rings. The van der Waals surface area contributed by atoms with Crippen LogP contribution in [-0.4, -0.2) is 19.5 Å². The molecule has 0 aliphatic heterocycles. The van der Waals surface area contributed by atoms with E-state index in [-0.39, 0.29) is 11.9 Å². The number of benzene rings is 2. The lowest BCUT2D eigenvalue weighted by Gasteiger charge is -2.20. The highest BCUT2D eigenvalue weighted by atomic mass is 19.1. The second kappa shape index (κ2) is 6.32. The fourth-order valence-electron chi connectivity index (χ4n) is 2.85. The lowest BCUT2D eigenvalue weighted by Crippen LogP contribution is -2.14.